The van der Waals surface area contributed by atoms with E-state index in [0.29, 0.717) is 29.3 Å². The fourth-order valence-electron chi connectivity index (χ4n) is 3.99. The Morgan fingerprint density at radius 3 is 2.75 bits per heavy atom. The highest BCUT2D eigenvalue weighted by molar-refractivity contribution is 6.31. The van der Waals surface area contributed by atoms with Gasteiger partial charge in [-0.3, -0.25) is 14.3 Å². The van der Waals surface area contributed by atoms with E-state index in [4.69, 9.17) is 21.1 Å². The minimum atomic E-state index is -0.584. The first-order valence-corrected chi connectivity index (χ1v) is 10.9. The second-order valence-corrected chi connectivity index (χ2v) is 9.49. The highest BCUT2D eigenvalue weighted by Gasteiger charge is 2.35. The predicted molar refractivity (Wildman–Crippen MR) is 123 cm³/mol. The van der Waals surface area contributed by atoms with Crippen molar-refractivity contribution in [2.75, 3.05) is 13.2 Å². The number of ether oxygens (including phenoxy) is 2. The first-order valence-electron chi connectivity index (χ1n) is 10.5. The molecule has 0 spiro atoms. The van der Waals surface area contributed by atoms with Gasteiger partial charge in [0.25, 0.3) is 5.56 Å². The van der Waals surface area contributed by atoms with Crippen molar-refractivity contribution in [2.45, 2.75) is 52.4 Å². The molecule has 0 saturated carbocycles. The Kier molecular flexibility index (Phi) is 5.77. The van der Waals surface area contributed by atoms with Crippen molar-refractivity contribution in [1.82, 2.24) is 19.4 Å². The molecule has 9 heteroatoms. The molecule has 2 aromatic heterocycles. The Labute approximate surface area is 191 Å². The number of nitrogens with zero attached hydrogens (tertiary/aromatic N) is 3. The largest absolute Gasteiger partial charge is 0.444 e. The van der Waals surface area contributed by atoms with Crippen LogP contribution in [0.15, 0.2) is 35.4 Å². The monoisotopic (exact) mass is 458 g/mol. The van der Waals surface area contributed by atoms with Crippen molar-refractivity contribution < 1.29 is 14.3 Å². The number of H-pyrrole nitrogens is 1. The minimum Gasteiger partial charge on any atom is -0.444 e. The molecule has 1 amide bonds. The lowest BCUT2D eigenvalue weighted by Crippen LogP contribution is -2.48. The van der Waals surface area contributed by atoms with Gasteiger partial charge in [0.15, 0.2) is 5.65 Å². The van der Waals surface area contributed by atoms with Crippen molar-refractivity contribution >= 4 is 28.7 Å². The highest BCUT2D eigenvalue weighted by atomic mass is 35.5. The number of aromatic nitrogens is 3. The van der Waals surface area contributed by atoms with Crippen molar-refractivity contribution in [2.24, 2.45) is 0 Å². The smallest absolute Gasteiger partial charge is 0.410 e. The summed E-state index contributed by atoms with van der Waals surface area (Å²) >= 11 is 6.44. The number of aromatic amines is 1. The van der Waals surface area contributed by atoms with Crippen LogP contribution < -0.4 is 5.56 Å². The molecule has 8 nitrogen and oxygen atoms in total. The fraction of sp³-hybridized carbons (Fsp3) is 0.435. The fourth-order valence-corrected chi connectivity index (χ4v) is 4.28. The van der Waals surface area contributed by atoms with Crippen LogP contribution in [-0.2, 0) is 9.47 Å². The Morgan fingerprint density at radius 1 is 1.31 bits per heavy atom. The van der Waals surface area contributed by atoms with Crippen LogP contribution >= 0.6 is 11.6 Å². The summed E-state index contributed by atoms with van der Waals surface area (Å²) in [6.07, 6.45) is 0.925. The molecular weight excluding hydrogens is 432 g/mol. The minimum absolute atomic E-state index is 0.0763. The second kappa shape index (κ2) is 8.26. The van der Waals surface area contributed by atoms with Crippen molar-refractivity contribution in [3.63, 3.8) is 0 Å². The lowest BCUT2D eigenvalue weighted by atomic mass is 9.98. The topological polar surface area (TPSA) is 89.5 Å². The maximum absolute atomic E-state index is 12.9. The summed E-state index contributed by atoms with van der Waals surface area (Å²) in [5.41, 5.74) is 2.35. The molecule has 1 fully saturated rings. The Bertz CT molecular complexity index is 1230. The van der Waals surface area contributed by atoms with Crippen LogP contribution in [0.5, 0.6) is 0 Å². The number of morpholine rings is 1. The maximum atomic E-state index is 12.9. The molecule has 3 aromatic rings. The summed E-state index contributed by atoms with van der Waals surface area (Å²) in [6, 6.07) is 7.16. The molecule has 1 saturated heterocycles. The lowest BCUT2D eigenvalue weighted by Gasteiger charge is -2.40. The SMILES string of the molecule is Cc1cc(-n2c(Cl)cc3c(=O)[nH]cnc32)ccc1[C@H]1CO[C@H](C)CN1C(=O)OC(C)(C)C. The quantitative estimate of drug-likeness (QED) is 0.615. The van der Waals surface area contributed by atoms with E-state index in [1.807, 2.05) is 52.8 Å². The summed E-state index contributed by atoms with van der Waals surface area (Å²) in [4.78, 5) is 33.6. The normalized spacial score (nSPS) is 19.4. The van der Waals surface area contributed by atoms with Gasteiger partial charge in [-0.15, -0.1) is 0 Å². The van der Waals surface area contributed by atoms with Crippen LogP contribution in [-0.4, -0.2) is 50.4 Å². The number of benzene rings is 1. The summed E-state index contributed by atoms with van der Waals surface area (Å²) in [7, 11) is 0. The number of halogens is 1. The average molecular weight is 459 g/mol. The number of hydrogen-bond acceptors (Lipinski definition) is 5. The third kappa shape index (κ3) is 4.25. The van der Waals surface area contributed by atoms with Gasteiger partial charge >= 0.3 is 6.09 Å². The molecule has 1 aromatic carbocycles. The van der Waals surface area contributed by atoms with Crippen LogP contribution in [0, 0.1) is 6.92 Å². The first-order chi connectivity index (χ1) is 15.0. The van der Waals surface area contributed by atoms with E-state index >= 15 is 0 Å². The number of fused-ring (bicyclic) bond motifs is 1. The Morgan fingerprint density at radius 2 is 2.06 bits per heavy atom. The summed E-state index contributed by atoms with van der Waals surface area (Å²) in [5, 5.41) is 0.812. The van der Waals surface area contributed by atoms with E-state index in [2.05, 4.69) is 9.97 Å². The van der Waals surface area contributed by atoms with Crippen LogP contribution in [0.1, 0.15) is 44.9 Å². The van der Waals surface area contributed by atoms with E-state index in [1.54, 1.807) is 15.5 Å². The number of carbonyl (C=O) groups excluding carboxylic acids is 1. The summed E-state index contributed by atoms with van der Waals surface area (Å²) < 4.78 is 13.3. The highest BCUT2D eigenvalue weighted by Crippen LogP contribution is 2.32. The molecular formula is C23H27ClN4O4. The molecule has 0 unspecified atom stereocenters. The van der Waals surface area contributed by atoms with Gasteiger partial charge in [-0.2, -0.15) is 0 Å². The molecule has 4 rings (SSSR count). The molecule has 0 bridgehead atoms. The Balaban J connectivity index is 1.71. The van der Waals surface area contributed by atoms with Gasteiger partial charge in [-0.05, 0) is 63.9 Å². The van der Waals surface area contributed by atoms with Gasteiger partial charge in [-0.25, -0.2) is 9.78 Å². The van der Waals surface area contributed by atoms with Crippen molar-refractivity contribution in [1.29, 1.82) is 0 Å². The molecule has 1 aliphatic heterocycles. The van der Waals surface area contributed by atoms with Gasteiger partial charge in [-0.1, -0.05) is 17.7 Å². The molecule has 170 valence electrons. The lowest BCUT2D eigenvalue weighted by molar-refractivity contribution is -0.0645. The average Bonchev–Trinajstić information content (AvgIpc) is 3.04. The molecule has 1 N–H and O–H groups in total. The van der Waals surface area contributed by atoms with Crippen molar-refractivity contribution in [3.05, 3.63) is 57.2 Å². The first kappa shape index (κ1) is 22.4. The third-order valence-electron chi connectivity index (χ3n) is 5.42. The number of nitrogens with one attached hydrogen (secondary N) is 1. The Hall–Kier alpha value is -2.84. The molecule has 1 aliphatic rings. The zero-order valence-corrected chi connectivity index (χ0v) is 19.6. The molecule has 0 aliphatic carbocycles. The second-order valence-electron chi connectivity index (χ2n) is 9.10. The third-order valence-corrected chi connectivity index (χ3v) is 5.70. The van der Waals surface area contributed by atoms with Gasteiger partial charge in [0.2, 0.25) is 0 Å². The number of rotatable bonds is 2. The molecule has 3 heterocycles. The van der Waals surface area contributed by atoms with E-state index in [0.717, 1.165) is 16.8 Å². The number of aryl methyl sites for hydroxylation is 1. The maximum Gasteiger partial charge on any atom is 0.410 e. The van der Waals surface area contributed by atoms with Crippen LogP contribution in [0.4, 0.5) is 4.79 Å². The van der Waals surface area contributed by atoms with Crippen LogP contribution in [0.2, 0.25) is 5.15 Å². The standard InChI is InChI=1S/C23H27ClN4O4/c1-13-8-15(28-19(24)9-17-20(28)25-12-26-21(17)29)6-7-16(13)18-11-31-14(2)10-27(18)22(30)32-23(3,4)5/h6-9,12,14,18H,10-11H2,1-5H3,(H,25,26,29)/t14-,18-/m1/s1. The van der Waals surface area contributed by atoms with Crippen LogP contribution in [0.3, 0.4) is 0 Å². The summed E-state index contributed by atoms with van der Waals surface area (Å²) in [5.74, 6) is 0. The zero-order chi connectivity index (χ0) is 23.2. The summed E-state index contributed by atoms with van der Waals surface area (Å²) in [6.45, 7) is 10.3. The van der Waals surface area contributed by atoms with E-state index in [9.17, 15) is 9.59 Å². The molecule has 2 atom stereocenters. The molecule has 0 radical (unpaired) electrons. The van der Waals surface area contributed by atoms with Crippen LogP contribution in [0.25, 0.3) is 16.7 Å². The van der Waals surface area contributed by atoms with E-state index < -0.39 is 5.60 Å². The number of carbonyl (C=O) groups is 1. The predicted octanol–water partition coefficient (Wildman–Crippen LogP) is 4.37. The zero-order valence-electron chi connectivity index (χ0n) is 18.8. The number of hydrogen-bond donors (Lipinski definition) is 1. The van der Waals surface area contributed by atoms with E-state index in [-0.39, 0.29) is 23.8 Å². The van der Waals surface area contributed by atoms with Gasteiger partial charge in [0, 0.05) is 5.69 Å². The van der Waals surface area contributed by atoms with Crippen molar-refractivity contribution in [3.8, 4) is 5.69 Å². The van der Waals surface area contributed by atoms with Gasteiger partial charge in [0.05, 0.1) is 37.0 Å². The number of amides is 1. The van der Waals surface area contributed by atoms with Gasteiger partial charge in [0.1, 0.15) is 10.8 Å². The van der Waals surface area contributed by atoms with Gasteiger partial charge < -0.3 is 14.5 Å². The molecule has 32 heavy (non-hydrogen) atoms. The van der Waals surface area contributed by atoms with E-state index in [1.165, 1.54) is 6.33 Å².